The number of hydrogen-bond acceptors (Lipinski definition) is 6. The zero-order valence-corrected chi connectivity index (χ0v) is 13.1. The van der Waals surface area contributed by atoms with Crippen LogP contribution in [0.15, 0.2) is 24.3 Å². The molecular formula is C14H19NO6S. The number of methoxy groups -OCH3 is 1. The summed E-state index contributed by atoms with van der Waals surface area (Å²) in [5.41, 5.74) is 0. The summed E-state index contributed by atoms with van der Waals surface area (Å²) in [5, 5.41) is -0.591. The zero-order valence-electron chi connectivity index (χ0n) is 12.3. The van der Waals surface area contributed by atoms with Gasteiger partial charge >= 0.3 is 0 Å². The smallest absolute Gasteiger partial charge is 0.271 e. The second kappa shape index (κ2) is 7.46. The minimum absolute atomic E-state index is 0.366. The van der Waals surface area contributed by atoms with Crippen LogP contribution in [0.3, 0.4) is 0 Å². The SMILES string of the molecule is COc1ccc(OCC(=O)NS(=O)(=O)C2CCOCC2)cc1. The molecule has 22 heavy (non-hydrogen) atoms. The highest BCUT2D eigenvalue weighted by Gasteiger charge is 2.29. The van der Waals surface area contributed by atoms with E-state index in [2.05, 4.69) is 0 Å². The fourth-order valence-electron chi connectivity index (χ4n) is 2.08. The van der Waals surface area contributed by atoms with Gasteiger partial charge in [-0.1, -0.05) is 0 Å². The van der Waals surface area contributed by atoms with E-state index >= 15 is 0 Å². The van der Waals surface area contributed by atoms with Crippen molar-refractivity contribution < 1.29 is 27.4 Å². The quantitative estimate of drug-likeness (QED) is 0.826. The molecule has 0 aliphatic carbocycles. The number of carbonyl (C=O) groups is 1. The lowest BCUT2D eigenvalue weighted by Gasteiger charge is -2.22. The van der Waals surface area contributed by atoms with Crippen LogP contribution in [0, 0.1) is 0 Å². The van der Waals surface area contributed by atoms with Crippen LogP contribution in [0.4, 0.5) is 0 Å². The fraction of sp³-hybridized carbons (Fsp3) is 0.500. The predicted molar refractivity (Wildman–Crippen MR) is 79.4 cm³/mol. The molecule has 0 spiro atoms. The monoisotopic (exact) mass is 329 g/mol. The first-order valence-electron chi connectivity index (χ1n) is 6.90. The van der Waals surface area contributed by atoms with Gasteiger partial charge in [0.15, 0.2) is 6.61 Å². The van der Waals surface area contributed by atoms with Crippen LogP contribution in [0.2, 0.25) is 0 Å². The molecule has 0 radical (unpaired) electrons. The Morgan fingerprint density at radius 1 is 1.23 bits per heavy atom. The molecule has 0 unspecified atom stereocenters. The van der Waals surface area contributed by atoms with Crippen LogP contribution in [0.25, 0.3) is 0 Å². The molecule has 0 saturated carbocycles. The molecule has 1 fully saturated rings. The molecule has 1 aliphatic rings. The first kappa shape index (κ1) is 16.6. The van der Waals surface area contributed by atoms with Crippen molar-refractivity contribution in [3.05, 3.63) is 24.3 Å². The molecular weight excluding hydrogens is 310 g/mol. The molecule has 2 rings (SSSR count). The Hall–Kier alpha value is -1.80. The molecule has 7 nitrogen and oxygen atoms in total. The van der Waals surface area contributed by atoms with E-state index in [1.165, 1.54) is 0 Å². The van der Waals surface area contributed by atoms with E-state index in [9.17, 15) is 13.2 Å². The normalized spacial score (nSPS) is 16.0. The molecule has 0 atom stereocenters. The molecule has 1 N–H and O–H groups in total. The van der Waals surface area contributed by atoms with Crippen molar-refractivity contribution in [2.45, 2.75) is 18.1 Å². The predicted octanol–water partition coefficient (Wildman–Crippen LogP) is 0.699. The van der Waals surface area contributed by atoms with Crippen molar-refractivity contribution >= 4 is 15.9 Å². The van der Waals surface area contributed by atoms with Gasteiger partial charge < -0.3 is 14.2 Å². The summed E-state index contributed by atoms with van der Waals surface area (Å²) in [7, 11) is -2.13. The van der Waals surface area contributed by atoms with E-state index in [0.717, 1.165) is 0 Å². The molecule has 1 heterocycles. The minimum Gasteiger partial charge on any atom is -0.497 e. The average molecular weight is 329 g/mol. The van der Waals surface area contributed by atoms with Gasteiger partial charge in [-0.05, 0) is 37.1 Å². The number of benzene rings is 1. The highest BCUT2D eigenvalue weighted by molar-refractivity contribution is 7.90. The molecule has 122 valence electrons. The number of sulfonamides is 1. The van der Waals surface area contributed by atoms with Crippen molar-refractivity contribution in [3.8, 4) is 11.5 Å². The maximum absolute atomic E-state index is 12.0. The summed E-state index contributed by atoms with van der Waals surface area (Å²) in [6, 6.07) is 6.65. The summed E-state index contributed by atoms with van der Waals surface area (Å²) >= 11 is 0. The third-order valence-electron chi connectivity index (χ3n) is 3.29. The van der Waals surface area contributed by atoms with E-state index in [4.69, 9.17) is 14.2 Å². The van der Waals surface area contributed by atoms with Crippen LogP contribution in [-0.4, -0.2) is 46.5 Å². The molecule has 1 amide bonds. The van der Waals surface area contributed by atoms with Gasteiger partial charge in [0.1, 0.15) is 11.5 Å². The maximum atomic E-state index is 12.0. The van der Waals surface area contributed by atoms with Gasteiger partial charge in [0.05, 0.1) is 12.4 Å². The lowest BCUT2D eigenvalue weighted by molar-refractivity contribution is -0.121. The molecule has 8 heteroatoms. The van der Waals surface area contributed by atoms with Crippen molar-refractivity contribution in [3.63, 3.8) is 0 Å². The highest BCUT2D eigenvalue weighted by atomic mass is 32.2. The number of amides is 1. The molecule has 0 aromatic heterocycles. The first-order valence-corrected chi connectivity index (χ1v) is 8.45. The van der Waals surface area contributed by atoms with Crippen LogP contribution < -0.4 is 14.2 Å². The van der Waals surface area contributed by atoms with Gasteiger partial charge in [-0.2, -0.15) is 0 Å². The van der Waals surface area contributed by atoms with Gasteiger partial charge in [0.25, 0.3) is 5.91 Å². The molecule has 1 aromatic rings. The maximum Gasteiger partial charge on any atom is 0.271 e. The Morgan fingerprint density at radius 3 is 2.41 bits per heavy atom. The summed E-state index contributed by atoms with van der Waals surface area (Å²) in [4.78, 5) is 11.7. The van der Waals surface area contributed by atoms with Gasteiger partial charge in [-0.3, -0.25) is 4.79 Å². The van der Waals surface area contributed by atoms with E-state index < -0.39 is 21.2 Å². The standard InChI is InChI=1S/C14H19NO6S/c1-19-11-2-4-12(5-3-11)21-10-14(16)15-22(17,18)13-6-8-20-9-7-13/h2-5,13H,6-10H2,1H3,(H,15,16). The molecule has 0 bridgehead atoms. The lowest BCUT2D eigenvalue weighted by Crippen LogP contribution is -2.42. The van der Waals surface area contributed by atoms with Crippen LogP contribution in [0.5, 0.6) is 11.5 Å². The summed E-state index contributed by atoms with van der Waals surface area (Å²) in [6.45, 7) is 0.416. The third-order valence-corrected chi connectivity index (χ3v) is 5.15. The second-order valence-corrected chi connectivity index (χ2v) is 6.81. The van der Waals surface area contributed by atoms with E-state index in [-0.39, 0.29) is 6.61 Å². The summed E-state index contributed by atoms with van der Waals surface area (Å²) < 4.78 is 41.5. The van der Waals surface area contributed by atoms with Gasteiger partial charge in [0.2, 0.25) is 10.0 Å². The number of hydrogen-bond donors (Lipinski definition) is 1. The van der Waals surface area contributed by atoms with Crippen LogP contribution >= 0.6 is 0 Å². The second-order valence-electron chi connectivity index (χ2n) is 4.85. The Labute approximate surface area is 129 Å². The number of ether oxygens (including phenoxy) is 3. The highest BCUT2D eigenvalue weighted by Crippen LogP contribution is 2.17. The largest absolute Gasteiger partial charge is 0.497 e. The van der Waals surface area contributed by atoms with Gasteiger partial charge in [-0.15, -0.1) is 0 Å². The van der Waals surface area contributed by atoms with Crippen molar-refractivity contribution in [2.75, 3.05) is 26.9 Å². The van der Waals surface area contributed by atoms with Crippen LogP contribution in [0.1, 0.15) is 12.8 Å². The fourth-order valence-corrected chi connectivity index (χ4v) is 3.43. The Kier molecular flexibility index (Phi) is 5.62. The third kappa shape index (κ3) is 4.60. The van der Waals surface area contributed by atoms with Crippen molar-refractivity contribution in [1.29, 1.82) is 0 Å². The number of nitrogens with one attached hydrogen (secondary N) is 1. The van der Waals surface area contributed by atoms with Crippen molar-refractivity contribution in [1.82, 2.24) is 4.72 Å². The minimum atomic E-state index is -3.68. The van der Waals surface area contributed by atoms with Crippen molar-refractivity contribution in [2.24, 2.45) is 0 Å². The Morgan fingerprint density at radius 2 is 1.82 bits per heavy atom. The lowest BCUT2D eigenvalue weighted by atomic mass is 10.2. The van der Waals surface area contributed by atoms with E-state index in [0.29, 0.717) is 37.6 Å². The Balaban J connectivity index is 1.83. The van der Waals surface area contributed by atoms with Crippen LogP contribution in [-0.2, 0) is 19.6 Å². The molecule has 1 aliphatic heterocycles. The van der Waals surface area contributed by atoms with E-state index in [1.54, 1.807) is 31.4 Å². The topological polar surface area (TPSA) is 90.9 Å². The van der Waals surface area contributed by atoms with Gasteiger partial charge in [0, 0.05) is 13.2 Å². The first-order chi connectivity index (χ1) is 10.5. The Bertz CT molecular complexity index is 592. The average Bonchev–Trinajstić information content (AvgIpc) is 2.54. The number of rotatable bonds is 6. The molecule has 1 saturated heterocycles. The summed E-state index contributed by atoms with van der Waals surface area (Å²) in [5.74, 6) is 0.431. The van der Waals surface area contributed by atoms with Gasteiger partial charge in [-0.25, -0.2) is 13.1 Å². The number of carbonyl (C=O) groups excluding carboxylic acids is 1. The zero-order chi connectivity index (χ0) is 16.0. The summed E-state index contributed by atoms with van der Waals surface area (Å²) in [6.07, 6.45) is 0.782. The van der Waals surface area contributed by atoms with E-state index in [1.807, 2.05) is 4.72 Å². The molecule has 1 aromatic carbocycles.